The van der Waals surface area contributed by atoms with Gasteiger partial charge in [-0.15, -0.1) is 0 Å². The number of H-pyrrole nitrogens is 2. The van der Waals surface area contributed by atoms with E-state index in [2.05, 4.69) is 26.1 Å². The van der Waals surface area contributed by atoms with Crippen LogP contribution in [-0.2, 0) is 12.8 Å². The lowest BCUT2D eigenvalue weighted by Gasteiger charge is -2.28. The average Bonchev–Trinajstić information content (AvgIpc) is 3.40. The van der Waals surface area contributed by atoms with Crippen LogP contribution in [0.15, 0.2) is 35.3 Å². The van der Waals surface area contributed by atoms with E-state index in [0.717, 1.165) is 17.5 Å². The lowest BCUT2D eigenvalue weighted by atomic mass is 9.73. The van der Waals surface area contributed by atoms with E-state index < -0.39 is 29.1 Å². The van der Waals surface area contributed by atoms with Gasteiger partial charge in [0.25, 0.3) is 0 Å². The van der Waals surface area contributed by atoms with Gasteiger partial charge in [-0.25, -0.2) is 28.0 Å². The molecule has 0 amide bonds. The molecule has 2 N–H and O–H groups in total. The molecule has 1 aliphatic heterocycles. The minimum atomic E-state index is -1.21. The first kappa shape index (κ1) is 17.9. The highest BCUT2D eigenvalue weighted by Gasteiger charge is 2.50. The Bertz CT molecular complexity index is 1480. The third-order valence-electron chi connectivity index (χ3n) is 6.06. The molecule has 0 spiro atoms. The first-order valence-electron chi connectivity index (χ1n) is 9.72. The van der Waals surface area contributed by atoms with E-state index in [1.807, 2.05) is 16.7 Å². The molecular formula is C21H14F3N6O+. The zero-order chi connectivity index (χ0) is 21.3. The average molecular weight is 423 g/mol. The minimum Gasteiger partial charge on any atom is -0.304 e. The molecule has 4 heterocycles. The molecule has 3 aromatic heterocycles. The number of hydrogen-bond donors (Lipinski definition) is 2. The summed E-state index contributed by atoms with van der Waals surface area (Å²) in [6.45, 7) is 0. The first-order valence-corrected chi connectivity index (χ1v) is 9.72. The number of rotatable bonds is 3. The second-order valence-corrected chi connectivity index (χ2v) is 7.84. The summed E-state index contributed by atoms with van der Waals surface area (Å²) in [4.78, 5) is 22.8. The molecule has 154 valence electrons. The number of hydrogen-bond acceptors (Lipinski definition) is 3. The second-order valence-electron chi connectivity index (χ2n) is 7.84. The second kappa shape index (κ2) is 6.31. The topological polar surface area (TPSA) is 83.2 Å². The van der Waals surface area contributed by atoms with Gasteiger partial charge in [0, 0.05) is 35.9 Å². The summed E-state index contributed by atoms with van der Waals surface area (Å²) in [6.07, 6.45) is 2.75. The maximum atomic E-state index is 14.6. The predicted octanol–water partition coefficient (Wildman–Crippen LogP) is 3.04. The van der Waals surface area contributed by atoms with Crippen molar-refractivity contribution in [2.24, 2.45) is 5.92 Å². The van der Waals surface area contributed by atoms with Crippen LogP contribution in [0.25, 0.3) is 21.9 Å². The molecule has 1 aliphatic carbocycles. The molecule has 2 aliphatic rings. The van der Waals surface area contributed by atoms with E-state index in [4.69, 9.17) is 4.98 Å². The van der Waals surface area contributed by atoms with Gasteiger partial charge in [-0.2, -0.15) is 5.10 Å². The van der Waals surface area contributed by atoms with Crippen molar-refractivity contribution in [2.75, 3.05) is 0 Å². The number of halogens is 3. The zero-order valence-electron chi connectivity index (χ0n) is 15.9. The van der Waals surface area contributed by atoms with Gasteiger partial charge in [0.05, 0.1) is 11.6 Å². The first-order chi connectivity index (χ1) is 15.0. The number of nitrogens with one attached hydrogen (secondary N) is 2. The Balaban J connectivity index is 1.44. The number of aromatic nitrogens is 5. The standard InChI is InChI=1S/C21H13F3N6O/c22-13-7-15(24)14(23)4-11(13)10-5-16-18(6-12(10)17-8-25-17)30-2-1-9(3-19(30)26-16)20-27-21(31)29-28-20/h1-4,7,10,12,17H,5-6H2,(H-,26,27,28,29,31)/p+1. The molecule has 7 nitrogen and oxygen atoms in total. The smallest absolute Gasteiger partial charge is 0.304 e. The van der Waals surface area contributed by atoms with Crippen molar-refractivity contribution in [3.05, 3.63) is 80.2 Å². The molecule has 0 saturated carbocycles. The maximum absolute atomic E-state index is 14.6. The summed E-state index contributed by atoms with van der Waals surface area (Å²) in [5, 5.41) is 6.26. The van der Waals surface area contributed by atoms with E-state index in [-0.39, 0.29) is 17.5 Å². The number of pyridine rings is 1. The fourth-order valence-corrected chi connectivity index (χ4v) is 4.53. The van der Waals surface area contributed by atoms with Crippen LogP contribution in [0.2, 0.25) is 0 Å². The van der Waals surface area contributed by atoms with Crippen LogP contribution >= 0.6 is 0 Å². The van der Waals surface area contributed by atoms with Crippen molar-refractivity contribution in [3.63, 3.8) is 0 Å². The van der Waals surface area contributed by atoms with Gasteiger partial charge in [-0.3, -0.25) is 4.98 Å². The van der Waals surface area contributed by atoms with Crippen LogP contribution in [0.5, 0.6) is 0 Å². The number of aromatic amines is 2. The third-order valence-corrected chi connectivity index (χ3v) is 6.06. The van der Waals surface area contributed by atoms with E-state index in [1.54, 1.807) is 6.07 Å². The Morgan fingerprint density at radius 2 is 1.94 bits per heavy atom. The van der Waals surface area contributed by atoms with Crippen LogP contribution in [0, 0.1) is 29.4 Å². The van der Waals surface area contributed by atoms with Crippen molar-refractivity contribution >= 4 is 5.65 Å². The molecule has 3 atom stereocenters. The fraction of sp³-hybridized carbons (Fsp3) is 0.238. The van der Waals surface area contributed by atoms with Crippen molar-refractivity contribution < 1.29 is 13.2 Å². The van der Waals surface area contributed by atoms with E-state index >= 15 is 0 Å². The molecule has 31 heavy (non-hydrogen) atoms. The molecule has 0 radical (unpaired) electrons. The molecule has 0 fully saturated rings. The van der Waals surface area contributed by atoms with Crippen molar-refractivity contribution in [1.82, 2.24) is 24.6 Å². The number of imidazole rings is 1. The van der Waals surface area contributed by atoms with Crippen LogP contribution in [0.4, 0.5) is 13.2 Å². The minimum absolute atomic E-state index is 0.130. The molecule has 0 saturated heterocycles. The van der Waals surface area contributed by atoms with Crippen molar-refractivity contribution in [2.45, 2.75) is 24.8 Å². The number of benzene rings is 1. The van der Waals surface area contributed by atoms with Gasteiger partial charge in [0.1, 0.15) is 11.5 Å². The van der Waals surface area contributed by atoms with Gasteiger partial charge in [-0.1, -0.05) is 4.85 Å². The highest BCUT2D eigenvalue weighted by atomic mass is 19.2. The molecule has 6 rings (SSSR count). The van der Waals surface area contributed by atoms with E-state index in [9.17, 15) is 18.0 Å². The van der Waals surface area contributed by atoms with Crippen LogP contribution in [-0.4, -0.2) is 30.6 Å². The lowest BCUT2D eigenvalue weighted by Crippen LogP contribution is -2.29. The fourth-order valence-electron chi connectivity index (χ4n) is 4.53. The molecular weight excluding hydrogens is 409 g/mol. The number of fused-ring (bicyclic) bond motifs is 3. The molecule has 1 aromatic carbocycles. The lowest BCUT2D eigenvalue weighted by molar-refractivity contribution is 0.377. The highest BCUT2D eigenvalue weighted by molar-refractivity contribution is 5.62. The van der Waals surface area contributed by atoms with Gasteiger partial charge in [0.2, 0.25) is 0 Å². The Hall–Kier alpha value is -3.87. The Kier molecular flexibility index (Phi) is 3.65. The Labute approximate surface area is 172 Å². The molecule has 0 bridgehead atoms. The van der Waals surface area contributed by atoms with Gasteiger partial charge in [-0.05, 0) is 30.2 Å². The number of nitrogens with zero attached hydrogens (tertiary/aromatic N) is 4. The quantitative estimate of drug-likeness (QED) is 0.497. The molecule has 4 aromatic rings. The molecule has 10 heteroatoms. The van der Waals surface area contributed by atoms with Crippen LogP contribution in [0.3, 0.4) is 0 Å². The zero-order valence-corrected chi connectivity index (χ0v) is 15.9. The summed E-state index contributed by atoms with van der Waals surface area (Å²) in [6, 6.07) is 7.89. The molecule has 3 unspecified atom stereocenters. The maximum Gasteiger partial charge on any atom is 0.402 e. The monoisotopic (exact) mass is 423 g/mol. The van der Waals surface area contributed by atoms with Gasteiger partial charge < -0.3 is 4.40 Å². The third kappa shape index (κ3) is 2.84. The Morgan fingerprint density at radius 1 is 1.13 bits per heavy atom. The van der Waals surface area contributed by atoms with Gasteiger partial charge >= 0.3 is 17.8 Å². The predicted molar refractivity (Wildman–Crippen MR) is 104 cm³/mol. The SMILES string of the molecule is O=c1[nH]nc(-c2ccn3c4c(nc3c2)CC(c2cc(F)c(F)cc2F)C(C2C#[N+]2)C4)[nH]1. The van der Waals surface area contributed by atoms with Gasteiger partial charge in [0.15, 0.2) is 17.5 Å². The Morgan fingerprint density at radius 3 is 2.68 bits per heavy atom. The van der Waals surface area contributed by atoms with Crippen LogP contribution < -0.4 is 5.69 Å². The van der Waals surface area contributed by atoms with Crippen molar-refractivity contribution in [3.8, 4) is 17.5 Å². The summed E-state index contributed by atoms with van der Waals surface area (Å²) in [5.41, 5.74) is 2.79. The normalized spacial score (nSPS) is 21.6. The van der Waals surface area contributed by atoms with Crippen LogP contribution in [0.1, 0.15) is 22.9 Å². The summed E-state index contributed by atoms with van der Waals surface area (Å²) in [5.74, 6) is -3.19. The summed E-state index contributed by atoms with van der Waals surface area (Å²) < 4.78 is 43.9. The summed E-state index contributed by atoms with van der Waals surface area (Å²) >= 11 is 0. The van der Waals surface area contributed by atoms with Crippen molar-refractivity contribution in [1.29, 1.82) is 0 Å². The highest BCUT2D eigenvalue weighted by Crippen LogP contribution is 2.43. The van der Waals surface area contributed by atoms with E-state index in [0.29, 0.717) is 35.9 Å². The largest absolute Gasteiger partial charge is 0.402 e. The summed E-state index contributed by atoms with van der Waals surface area (Å²) in [7, 11) is 0. The van der Waals surface area contributed by atoms with E-state index in [1.165, 1.54) is 0 Å².